The highest BCUT2D eigenvalue weighted by Crippen LogP contribution is 2.46. The van der Waals surface area contributed by atoms with Crippen LogP contribution in [0.5, 0.6) is 0 Å². The van der Waals surface area contributed by atoms with E-state index in [4.69, 9.17) is 33.3 Å². The van der Waals surface area contributed by atoms with Gasteiger partial charge in [0.15, 0.2) is 6.29 Å². The Bertz CT molecular complexity index is 1820. The van der Waals surface area contributed by atoms with Gasteiger partial charge >= 0.3 is 11.9 Å². The van der Waals surface area contributed by atoms with Crippen LogP contribution in [-0.4, -0.2) is 120 Å². The van der Waals surface area contributed by atoms with Crippen molar-refractivity contribution in [1.82, 2.24) is 9.88 Å². The third kappa shape index (κ3) is 9.12. The number of aliphatic hydroxyl groups is 1. The van der Waals surface area contributed by atoms with Crippen molar-refractivity contribution >= 4 is 34.3 Å². The monoisotopic (exact) mass is 809 g/mol. The number of rotatable bonds is 7. The summed E-state index contributed by atoms with van der Waals surface area (Å²) < 4.78 is 39.0. The number of pyridine rings is 1. The molecule has 1 aromatic carbocycles. The van der Waals surface area contributed by atoms with E-state index in [1.54, 1.807) is 20.0 Å². The summed E-state index contributed by atoms with van der Waals surface area (Å²) in [6.07, 6.45) is -1.91. The van der Waals surface area contributed by atoms with Crippen LogP contribution in [0.3, 0.4) is 0 Å². The molecule has 58 heavy (non-hydrogen) atoms. The number of Topliss-reactive ketones (excluding diaryl/α,β-unsaturated/α-hetero) is 1. The molecular weight excluding hydrogens is 746 g/mol. The maximum Gasteiger partial charge on any atom is 0.311 e. The molecule has 0 amide bonds. The number of carbonyl (C=O) groups excluding carboxylic acids is 3. The predicted octanol–water partition coefficient (Wildman–Crippen LogP) is 5.25. The molecule has 2 aromatic rings. The number of aliphatic hydroxyl groups excluding tert-OH is 1. The third-order valence-corrected chi connectivity index (χ3v) is 13.1. The van der Waals surface area contributed by atoms with E-state index in [1.165, 1.54) is 0 Å². The minimum absolute atomic E-state index is 0.0270. The van der Waals surface area contributed by atoms with Crippen molar-refractivity contribution in [3.63, 3.8) is 0 Å². The molecule has 1 aromatic heterocycles. The number of fused-ring (bicyclic) bond motifs is 5. The molecule has 0 unspecified atom stereocenters. The summed E-state index contributed by atoms with van der Waals surface area (Å²) in [5, 5.41) is 17.1. The second-order valence-electron chi connectivity index (χ2n) is 17.7. The van der Waals surface area contributed by atoms with Gasteiger partial charge in [-0.1, -0.05) is 51.0 Å². The summed E-state index contributed by atoms with van der Waals surface area (Å²) in [7, 11) is 3.82. The number of aromatic nitrogens is 1. The minimum Gasteiger partial charge on any atom is -0.458 e. The molecule has 14 nitrogen and oxygen atoms in total. The van der Waals surface area contributed by atoms with Crippen molar-refractivity contribution in [3.8, 4) is 0 Å². The zero-order chi connectivity index (χ0) is 42.1. The van der Waals surface area contributed by atoms with Crippen LogP contribution in [0.15, 0.2) is 41.7 Å². The van der Waals surface area contributed by atoms with Gasteiger partial charge in [-0.3, -0.25) is 19.4 Å². The predicted molar refractivity (Wildman–Crippen MR) is 214 cm³/mol. The molecule has 2 bridgehead atoms. The number of cyclic esters (lactones) is 1. The lowest BCUT2D eigenvalue weighted by molar-refractivity contribution is -0.302. The minimum atomic E-state index is -1.23. The standard InChI is InChI=1S/C44H63N3O11/c1-11-35-44(8)32(18-36(48)58-44)26(4)37(49)24(2)19-43(7)40(57-42-38(50)34(47(9)10)16-25(3)55-42)27(5)39(28(6)41(51)56-35)52-22-31(23-53-43)46-54-21-29-17-30-14-12-13-15-33(30)45-20-29/h12-15,17,20,24-28,32,34-35,38-40,42,50H,11,16,18-19,21-23H2,1-10H3/b46-31-/t24-,25-,26-,27+,28-,32+,34+,35-,38-,39+,40-,42+,43-,44+/m1/s1. The summed E-state index contributed by atoms with van der Waals surface area (Å²) >= 11 is 0. The first-order chi connectivity index (χ1) is 27.4. The number of hydrogen-bond donors (Lipinski definition) is 1. The zero-order valence-corrected chi connectivity index (χ0v) is 35.7. The molecule has 1 N–H and O–H groups in total. The van der Waals surface area contributed by atoms with Gasteiger partial charge in [0.25, 0.3) is 0 Å². The molecule has 0 radical (unpaired) electrons. The second-order valence-corrected chi connectivity index (χ2v) is 17.7. The van der Waals surface area contributed by atoms with E-state index < -0.39 is 83.4 Å². The normalized spacial score (nSPS) is 40.0. The quantitative estimate of drug-likeness (QED) is 0.285. The van der Waals surface area contributed by atoms with Gasteiger partial charge in [-0.15, -0.1) is 0 Å². The summed E-state index contributed by atoms with van der Waals surface area (Å²) in [5.41, 5.74) is -0.324. The average Bonchev–Trinajstić information content (AvgIpc) is 3.52. The molecule has 4 fully saturated rings. The zero-order valence-electron chi connectivity index (χ0n) is 35.7. The highest BCUT2D eigenvalue weighted by Gasteiger charge is 2.57. The van der Waals surface area contributed by atoms with Crippen LogP contribution < -0.4 is 0 Å². The fourth-order valence-corrected chi connectivity index (χ4v) is 9.80. The van der Waals surface area contributed by atoms with Gasteiger partial charge in [0, 0.05) is 46.9 Å². The summed E-state index contributed by atoms with van der Waals surface area (Å²) in [6, 6.07) is 9.56. The maximum absolute atomic E-state index is 14.6. The number of likely N-dealkylation sites (N-methyl/N-ethyl adjacent to an activating group) is 1. The van der Waals surface area contributed by atoms with E-state index in [2.05, 4.69) is 10.1 Å². The van der Waals surface area contributed by atoms with Crippen LogP contribution in [0.1, 0.15) is 86.6 Å². The van der Waals surface area contributed by atoms with Gasteiger partial charge < -0.3 is 43.3 Å². The van der Waals surface area contributed by atoms with E-state index >= 15 is 0 Å². The van der Waals surface area contributed by atoms with Crippen LogP contribution in [0.2, 0.25) is 0 Å². The fraction of sp³-hybridized carbons (Fsp3) is 0.705. The molecule has 320 valence electrons. The lowest BCUT2D eigenvalue weighted by atomic mass is 9.70. The van der Waals surface area contributed by atoms with Gasteiger partial charge in [0.05, 0.1) is 55.0 Å². The topological polar surface area (TPSA) is 165 Å². The molecule has 4 saturated heterocycles. The van der Waals surface area contributed by atoms with Gasteiger partial charge in [0.1, 0.15) is 35.9 Å². The fourth-order valence-electron chi connectivity index (χ4n) is 9.80. The van der Waals surface area contributed by atoms with Crippen molar-refractivity contribution in [1.29, 1.82) is 0 Å². The number of oxime groups is 1. The van der Waals surface area contributed by atoms with Gasteiger partial charge in [-0.25, -0.2) is 0 Å². The Morgan fingerprint density at radius 1 is 1.03 bits per heavy atom. The smallest absolute Gasteiger partial charge is 0.311 e. The Morgan fingerprint density at radius 3 is 2.50 bits per heavy atom. The number of carbonyl (C=O) groups is 3. The molecule has 4 aliphatic rings. The first-order valence-corrected chi connectivity index (χ1v) is 20.8. The number of ether oxygens (including phenoxy) is 6. The van der Waals surface area contributed by atoms with Crippen molar-refractivity contribution in [2.24, 2.45) is 34.7 Å². The van der Waals surface area contributed by atoms with Crippen LogP contribution in [0.25, 0.3) is 10.9 Å². The number of esters is 2. The molecule has 14 heteroatoms. The van der Waals surface area contributed by atoms with Gasteiger partial charge in [0.2, 0.25) is 0 Å². The Balaban J connectivity index is 1.40. The summed E-state index contributed by atoms with van der Waals surface area (Å²) in [5.74, 6) is -4.23. The van der Waals surface area contributed by atoms with E-state index in [1.807, 2.05) is 90.9 Å². The first kappa shape index (κ1) is 44.0. The van der Waals surface area contributed by atoms with Crippen LogP contribution in [0, 0.1) is 29.6 Å². The molecule has 0 saturated carbocycles. The number of para-hydroxylation sites is 1. The van der Waals surface area contributed by atoms with Gasteiger partial charge in [-0.05, 0) is 73.2 Å². The largest absolute Gasteiger partial charge is 0.458 e. The van der Waals surface area contributed by atoms with Crippen LogP contribution in [0.4, 0.5) is 0 Å². The third-order valence-electron chi connectivity index (χ3n) is 13.1. The lowest BCUT2D eigenvalue weighted by Crippen LogP contribution is -2.60. The Labute approximate surface area is 342 Å². The van der Waals surface area contributed by atoms with E-state index in [-0.39, 0.29) is 50.6 Å². The second kappa shape index (κ2) is 18.0. The van der Waals surface area contributed by atoms with E-state index in [0.29, 0.717) is 18.6 Å². The molecule has 6 rings (SSSR count). The molecule has 5 heterocycles. The van der Waals surface area contributed by atoms with Crippen molar-refractivity contribution < 1.29 is 52.7 Å². The Hall–Kier alpha value is -3.53. The molecule has 4 aliphatic heterocycles. The number of ketones is 1. The summed E-state index contributed by atoms with van der Waals surface area (Å²) in [6.45, 7) is 14.9. The number of hydrogen-bond acceptors (Lipinski definition) is 14. The van der Waals surface area contributed by atoms with Crippen LogP contribution in [-0.2, 0) is 54.2 Å². The first-order valence-electron chi connectivity index (χ1n) is 20.8. The highest BCUT2D eigenvalue weighted by molar-refractivity contribution is 5.87. The van der Waals surface area contributed by atoms with Crippen molar-refractivity contribution in [3.05, 3.63) is 42.1 Å². The Kier molecular flexibility index (Phi) is 13.7. The molecular formula is C44H63N3O11. The number of benzene rings is 1. The summed E-state index contributed by atoms with van der Waals surface area (Å²) in [4.78, 5) is 54.2. The molecule has 0 aliphatic carbocycles. The van der Waals surface area contributed by atoms with Crippen molar-refractivity contribution in [2.75, 3.05) is 27.3 Å². The lowest BCUT2D eigenvalue weighted by Gasteiger charge is -2.48. The average molecular weight is 810 g/mol. The highest BCUT2D eigenvalue weighted by atomic mass is 16.7. The Morgan fingerprint density at radius 2 is 1.78 bits per heavy atom. The molecule has 14 atom stereocenters. The van der Waals surface area contributed by atoms with Gasteiger partial charge in [-0.2, -0.15) is 0 Å². The molecule has 0 spiro atoms. The van der Waals surface area contributed by atoms with E-state index in [0.717, 1.165) is 16.5 Å². The van der Waals surface area contributed by atoms with Crippen molar-refractivity contribution in [2.45, 2.75) is 142 Å². The van der Waals surface area contributed by atoms with Crippen LogP contribution >= 0.6 is 0 Å². The number of nitrogens with zero attached hydrogens (tertiary/aromatic N) is 3. The maximum atomic E-state index is 14.6. The SMILES string of the molecule is CC[C@H]1OC(=O)[C@H](C)[C@H]2OC/C(=N/OCc3cnc4ccccc4c3)CO[C@](C)(C[C@@H](C)C(=O)[C@H](C)[C@@H]3CC(=O)O[C@]13C)[C@H](O[C@@H]1O[C@H](C)C[C@H](N(C)C)[C@H]1O)[C@H]2C. The van der Waals surface area contributed by atoms with E-state index in [9.17, 15) is 19.5 Å².